The number of nitrogens with zero attached hydrogens (tertiary/aromatic N) is 2. The Morgan fingerprint density at radius 1 is 1.40 bits per heavy atom. The van der Waals surface area contributed by atoms with Crippen LogP contribution >= 0.6 is 0 Å². The number of hydrogen-bond acceptors (Lipinski definition) is 3. The van der Waals surface area contributed by atoms with Crippen molar-refractivity contribution in [1.29, 1.82) is 0 Å². The number of nitrogens with two attached hydrogens (primary N) is 1. The summed E-state index contributed by atoms with van der Waals surface area (Å²) in [5, 5.41) is 4.13. The Bertz CT molecular complexity index is 627. The molecule has 0 aliphatic heterocycles. The summed E-state index contributed by atoms with van der Waals surface area (Å²) in [6, 6.07) is 7.12. The van der Waals surface area contributed by atoms with Gasteiger partial charge in [-0.05, 0) is 18.6 Å². The topological polar surface area (TPSA) is 70.1 Å². The average Bonchev–Trinajstić information content (AvgIpc) is 2.81. The van der Waals surface area contributed by atoms with Crippen molar-refractivity contribution in [2.24, 2.45) is 12.8 Å². The van der Waals surface area contributed by atoms with Gasteiger partial charge < -0.3 is 10.5 Å². The van der Waals surface area contributed by atoms with Crippen molar-refractivity contribution in [2.45, 2.75) is 13.5 Å². The molecule has 1 heterocycles. The maximum Gasteiger partial charge on any atom is 0.249 e. The van der Waals surface area contributed by atoms with Crippen molar-refractivity contribution in [2.75, 3.05) is 0 Å². The summed E-state index contributed by atoms with van der Waals surface area (Å²) in [4.78, 5) is 11.5. The lowest BCUT2D eigenvalue weighted by Crippen LogP contribution is -2.16. The number of carbonyl (C=O) groups excluding carboxylic acids is 1. The maximum atomic E-state index is 11.5. The number of carbonyl (C=O) groups is 1. The third-order valence-corrected chi connectivity index (χ3v) is 2.95. The van der Waals surface area contributed by atoms with E-state index in [1.165, 1.54) is 0 Å². The molecule has 0 spiro atoms. The third-order valence-electron chi connectivity index (χ3n) is 2.95. The highest BCUT2D eigenvalue weighted by Crippen LogP contribution is 2.22. The van der Waals surface area contributed by atoms with Crippen LogP contribution < -0.4 is 10.5 Å². The van der Waals surface area contributed by atoms with Crippen LogP contribution in [0.1, 0.15) is 28.4 Å². The van der Waals surface area contributed by atoms with Crippen LogP contribution in [-0.4, -0.2) is 15.7 Å². The van der Waals surface area contributed by atoms with Crippen molar-refractivity contribution in [3.63, 3.8) is 0 Å². The summed E-state index contributed by atoms with van der Waals surface area (Å²) >= 11 is 0. The molecule has 2 rings (SSSR count). The number of aryl methyl sites for hydroxylation is 1. The molecule has 104 valence electrons. The fourth-order valence-electron chi connectivity index (χ4n) is 1.99. The molecule has 0 fully saturated rings. The Morgan fingerprint density at radius 3 is 2.65 bits per heavy atom. The second kappa shape index (κ2) is 5.61. The third kappa shape index (κ3) is 2.88. The highest BCUT2D eigenvalue weighted by Gasteiger charge is 2.14. The number of rotatable bonds is 5. The minimum Gasteiger partial charge on any atom is -0.472 e. The van der Waals surface area contributed by atoms with E-state index in [0.717, 1.165) is 16.7 Å². The van der Waals surface area contributed by atoms with Crippen molar-refractivity contribution in [3.8, 4) is 5.88 Å². The smallest absolute Gasteiger partial charge is 0.249 e. The zero-order chi connectivity index (χ0) is 14.7. The molecule has 5 heteroatoms. The van der Waals surface area contributed by atoms with E-state index in [-0.39, 0.29) is 6.61 Å². The lowest BCUT2D eigenvalue weighted by atomic mass is 9.97. The first-order valence-corrected chi connectivity index (χ1v) is 6.19. The van der Waals surface area contributed by atoms with E-state index in [9.17, 15) is 4.79 Å². The van der Waals surface area contributed by atoms with Crippen LogP contribution in [0.15, 0.2) is 37.0 Å². The van der Waals surface area contributed by atoms with Crippen LogP contribution in [0, 0.1) is 0 Å². The van der Waals surface area contributed by atoms with Crippen LogP contribution in [0.3, 0.4) is 0 Å². The first-order chi connectivity index (χ1) is 9.49. The van der Waals surface area contributed by atoms with Crippen molar-refractivity contribution in [1.82, 2.24) is 9.78 Å². The number of amides is 1. The van der Waals surface area contributed by atoms with E-state index in [4.69, 9.17) is 10.5 Å². The summed E-state index contributed by atoms with van der Waals surface area (Å²) in [7, 11) is 1.81. The number of primary amides is 1. The monoisotopic (exact) mass is 271 g/mol. The standard InChI is InChI=1S/C15H17N3O2/c1-10(2)11-5-4-6-12(15(16)19)13(11)9-20-14-7-8-18(3)17-14/h4-8H,1,9H2,2-3H3,(H2,16,19). The maximum absolute atomic E-state index is 11.5. The first kappa shape index (κ1) is 13.9. The predicted molar refractivity (Wildman–Crippen MR) is 77.2 cm³/mol. The molecule has 0 saturated heterocycles. The van der Waals surface area contributed by atoms with E-state index in [1.807, 2.05) is 20.0 Å². The summed E-state index contributed by atoms with van der Waals surface area (Å²) in [6.45, 7) is 6.02. The van der Waals surface area contributed by atoms with Gasteiger partial charge in [0.1, 0.15) is 6.61 Å². The van der Waals surface area contributed by atoms with E-state index in [0.29, 0.717) is 11.4 Å². The fraction of sp³-hybridized carbons (Fsp3) is 0.200. The molecule has 1 aromatic carbocycles. The zero-order valence-electron chi connectivity index (χ0n) is 11.6. The second-order valence-electron chi connectivity index (χ2n) is 4.59. The second-order valence-corrected chi connectivity index (χ2v) is 4.59. The summed E-state index contributed by atoms with van der Waals surface area (Å²) in [5.74, 6) is 0.0205. The lowest BCUT2D eigenvalue weighted by Gasteiger charge is -2.13. The first-order valence-electron chi connectivity index (χ1n) is 6.19. The van der Waals surface area contributed by atoms with Gasteiger partial charge in [-0.1, -0.05) is 24.3 Å². The number of aromatic nitrogens is 2. The predicted octanol–water partition coefficient (Wildman–Crippen LogP) is 2.13. The Hall–Kier alpha value is -2.56. The molecule has 0 saturated carbocycles. The minimum atomic E-state index is -0.479. The molecular formula is C15H17N3O2. The largest absolute Gasteiger partial charge is 0.472 e. The van der Waals surface area contributed by atoms with Gasteiger partial charge in [0, 0.05) is 30.4 Å². The molecule has 1 amide bonds. The Kier molecular flexibility index (Phi) is 3.89. The van der Waals surface area contributed by atoms with Gasteiger partial charge in [-0.15, -0.1) is 5.10 Å². The van der Waals surface area contributed by atoms with Crippen LogP contribution in [0.2, 0.25) is 0 Å². The average molecular weight is 271 g/mol. The Labute approximate surface area is 117 Å². The van der Waals surface area contributed by atoms with Gasteiger partial charge in [-0.2, -0.15) is 0 Å². The van der Waals surface area contributed by atoms with Crippen LogP contribution in [0.5, 0.6) is 5.88 Å². The Morgan fingerprint density at radius 2 is 2.10 bits per heavy atom. The van der Waals surface area contributed by atoms with Gasteiger partial charge in [0.25, 0.3) is 0 Å². The SMILES string of the molecule is C=C(C)c1cccc(C(N)=O)c1COc1ccn(C)n1. The summed E-state index contributed by atoms with van der Waals surface area (Å²) < 4.78 is 7.26. The van der Waals surface area contributed by atoms with Gasteiger partial charge in [0.05, 0.1) is 0 Å². The lowest BCUT2D eigenvalue weighted by molar-refractivity contribution is 0.0997. The van der Waals surface area contributed by atoms with E-state index in [2.05, 4.69) is 11.7 Å². The van der Waals surface area contributed by atoms with Crippen molar-refractivity contribution in [3.05, 3.63) is 53.7 Å². The molecular weight excluding hydrogens is 254 g/mol. The van der Waals surface area contributed by atoms with E-state index >= 15 is 0 Å². The highest BCUT2D eigenvalue weighted by molar-refractivity contribution is 5.95. The van der Waals surface area contributed by atoms with Gasteiger partial charge in [0.15, 0.2) is 0 Å². The Balaban J connectivity index is 2.32. The normalized spacial score (nSPS) is 10.3. The van der Waals surface area contributed by atoms with E-state index < -0.39 is 5.91 Å². The van der Waals surface area contributed by atoms with Gasteiger partial charge in [0.2, 0.25) is 11.8 Å². The number of hydrogen-bond donors (Lipinski definition) is 1. The van der Waals surface area contributed by atoms with Crippen LogP contribution in [-0.2, 0) is 13.7 Å². The highest BCUT2D eigenvalue weighted by atomic mass is 16.5. The number of allylic oxidation sites excluding steroid dienone is 1. The number of benzene rings is 1. The molecule has 0 atom stereocenters. The molecule has 2 N–H and O–H groups in total. The van der Waals surface area contributed by atoms with Crippen LogP contribution in [0.25, 0.3) is 5.57 Å². The van der Waals surface area contributed by atoms with Gasteiger partial charge in [-0.25, -0.2) is 0 Å². The molecule has 20 heavy (non-hydrogen) atoms. The number of ether oxygens (including phenoxy) is 1. The molecule has 0 radical (unpaired) electrons. The molecule has 0 bridgehead atoms. The molecule has 2 aromatic rings. The summed E-state index contributed by atoms with van der Waals surface area (Å²) in [6.07, 6.45) is 1.79. The van der Waals surface area contributed by atoms with Crippen molar-refractivity contribution < 1.29 is 9.53 Å². The molecule has 0 aliphatic rings. The quantitative estimate of drug-likeness (QED) is 0.905. The minimum absolute atomic E-state index is 0.221. The van der Waals surface area contributed by atoms with Gasteiger partial charge in [-0.3, -0.25) is 9.48 Å². The van der Waals surface area contributed by atoms with Gasteiger partial charge >= 0.3 is 0 Å². The molecule has 0 aliphatic carbocycles. The summed E-state index contributed by atoms with van der Waals surface area (Å²) in [5.41, 5.74) is 8.32. The molecule has 0 unspecified atom stereocenters. The van der Waals surface area contributed by atoms with Crippen LogP contribution in [0.4, 0.5) is 0 Å². The molecule has 1 aromatic heterocycles. The van der Waals surface area contributed by atoms with Crippen molar-refractivity contribution >= 4 is 11.5 Å². The zero-order valence-corrected chi connectivity index (χ0v) is 11.6. The molecule has 5 nitrogen and oxygen atoms in total. The van der Waals surface area contributed by atoms with E-state index in [1.54, 1.807) is 29.1 Å². The fourth-order valence-corrected chi connectivity index (χ4v) is 1.99.